The first-order valence-corrected chi connectivity index (χ1v) is 5.42. The van der Waals surface area contributed by atoms with Crippen LogP contribution in [0.4, 0.5) is 5.69 Å². The van der Waals surface area contributed by atoms with E-state index in [1.165, 1.54) is 0 Å². The molecule has 0 saturated heterocycles. The Kier molecular flexibility index (Phi) is 3.84. The average molecular weight is 217 g/mol. The summed E-state index contributed by atoms with van der Waals surface area (Å²) in [5, 5.41) is 3.36. The number of hydrogen-bond donors (Lipinski definition) is 1. The van der Waals surface area contributed by atoms with E-state index in [0.29, 0.717) is 5.92 Å². The molecule has 0 aliphatic heterocycles. The van der Waals surface area contributed by atoms with Gasteiger partial charge in [-0.25, -0.2) is 0 Å². The number of terminal acetylenes is 1. The van der Waals surface area contributed by atoms with Gasteiger partial charge in [-0.3, -0.25) is 0 Å². The zero-order valence-corrected chi connectivity index (χ0v) is 10.4. The van der Waals surface area contributed by atoms with Crippen molar-refractivity contribution in [2.45, 2.75) is 26.3 Å². The molecule has 1 atom stereocenters. The van der Waals surface area contributed by atoms with Gasteiger partial charge in [0.25, 0.3) is 0 Å². The first kappa shape index (κ1) is 12.4. The molecule has 2 nitrogen and oxygen atoms in total. The summed E-state index contributed by atoms with van der Waals surface area (Å²) >= 11 is 0. The van der Waals surface area contributed by atoms with Crippen LogP contribution in [0.25, 0.3) is 0 Å². The number of rotatable bonds is 4. The second kappa shape index (κ2) is 4.94. The molecule has 0 bridgehead atoms. The molecule has 86 valence electrons. The van der Waals surface area contributed by atoms with Crippen LogP contribution in [0.5, 0.6) is 5.75 Å². The van der Waals surface area contributed by atoms with Gasteiger partial charge in [-0.2, -0.15) is 0 Å². The molecule has 1 unspecified atom stereocenters. The van der Waals surface area contributed by atoms with Crippen molar-refractivity contribution >= 4 is 5.69 Å². The molecule has 0 aromatic heterocycles. The van der Waals surface area contributed by atoms with E-state index in [1.807, 2.05) is 31.2 Å². The Hall–Kier alpha value is -1.62. The maximum atomic E-state index is 5.57. The van der Waals surface area contributed by atoms with Crippen molar-refractivity contribution < 1.29 is 4.74 Å². The van der Waals surface area contributed by atoms with E-state index in [0.717, 1.165) is 11.4 Å². The molecule has 0 radical (unpaired) electrons. The molecular weight excluding hydrogens is 198 g/mol. The predicted molar refractivity (Wildman–Crippen MR) is 68.7 cm³/mol. The normalized spacial score (nSPS) is 14.0. The van der Waals surface area contributed by atoms with E-state index in [9.17, 15) is 0 Å². The summed E-state index contributed by atoms with van der Waals surface area (Å²) in [4.78, 5) is 0. The molecule has 1 rings (SSSR count). The molecule has 0 heterocycles. The van der Waals surface area contributed by atoms with Gasteiger partial charge in [-0.1, -0.05) is 19.8 Å². The molecule has 0 spiro atoms. The Bertz CT molecular complexity index is 375. The SMILES string of the molecule is C#CC(C)(Nc1ccc(OC)cc1)C(C)C. The molecule has 0 saturated carbocycles. The van der Waals surface area contributed by atoms with Gasteiger partial charge in [0.1, 0.15) is 5.75 Å². The van der Waals surface area contributed by atoms with Crippen LogP contribution in [0.1, 0.15) is 20.8 Å². The lowest BCUT2D eigenvalue weighted by Crippen LogP contribution is -2.38. The number of anilines is 1. The number of hydrogen-bond acceptors (Lipinski definition) is 2. The Morgan fingerprint density at radius 1 is 1.31 bits per heavy atom. The van der Waals surface area contributed by atoms with E-state index in [-0.39, 0.29) is 5.54 Å². The molecule has 16 heavy (non-hydrogen) atoms. The summed E-state index contributed by atoms with van der Waals surface area (Å²) in [6, 6.07) is 7.77. The Labute approximate surface area is 98.0 Å². The Morgan fingerprint density at radius 2 is 1.88 bits per heavy atom. The lowest BCUT2D eigenvalue weighted by Gasteiger charge is -2.30. The summed E-state index contributed by atoms with van der Waals surface area (Å²) in [7, 11) is 1.65. The fourth-order valence-corrected chi connectivity index (χ4v) is 1.32. The van der Waals surface area contributed by atoms with Gasteiger partial charge in [0, 0.05) is 5.69 Å². The summed E-state index contributed by atoms with van der Waals surface area (Å²) in [5.41, 5.74) is 0.684. The minimum Gasteiger partial charge on any atom is -0.497 e. The molecule has 1 aromatic carbocycles. The van der Waals surface area contributed by atoms with Crippen molar-refractivity contribution in [3.63, 3.8) is 0 Å². The lowest BCUT2D eigenvalue weighted by atomic mass is 9.89. The summed E-state index contributed by atoms with van der Waals surface area (Å²) < 4.78 is 5.10. The third-order valence-corrected chi connectivity index (χ3v) is 2.95. The van der Waals surface area contributed by atoms with Crippen LogP contribution < -0.4 is 10.1 Å². The van der Waals surface area contributed by atoms with E-state index < -0.39 is 0 Å². The largest absolute Gasteiger partial charge is 0.497 e. The van der Waals surface area contributed by atoms with E-state index in [1.54, 1.807) is 7.11 Å². The van der Waals surface area contributed by atoms with Crippen molar-refractivity contribution in [2.24, 2.45) is 5.92 Å². The zero-order valence-electron chi connectivity index (χ0n) is 10.4. The van der Waals surface area contributed by atoms with Gasteiger partial charge in [0.2, 0.25) is 0 Å². The van der Waals surface area contributed by atoms with Gasteiger partial charge < -0.3 is 10.1 Å². The molecule has 2 heteroatoms. The molecule has 0 aliphatic rings. The van der Waals surface area contributed by atoms with Crippen molar-refractivity contribution in [3.8, 4) is 18.1 Å². The van der Waals surface area contributed by atoms with Crippen LogP contribution in [0.3, 0.4) is 0 Å². The first-order valence-electron chi connectivity index (χ1n) is 5.42. The van der Waals surface area contributed by atoms with E-state index in [2.05, 4.69) is 25.1 Å². The average Bonchev–Trinajstić information content (AvgIpc) is 2.29. The standard InChI is InChI=1S/C14H19NO/c1-6-14(4,11(2)3)15-12-7-9-13(16-5)10-8-12/h1,7-11,15H,2-5H3. The molecule has 0 amide bonds. The number of methoxy groups -OCH3 is 1. The highest BCUT2D eigenvalue weighted by molar-refractivity contribution is 5.50. The fraction of sp³-hybridized carbons (Fsp3) is 0.429. The first-order chi connectivity index (χ1) is 7.51. The summed E-state index contributed by atoms with van der Waals surface area (Å²) in [6.45, 7) is 6.24. The summed E-state index contributed by atoms with van der Waals surface area (Å²) in [6.07, 6.45) is 5.57. The molecular formula is C14H19NO. The topological polar surface area (TPSA) is 21.3 Å². The van der Waals surface area contributed by atoms with Crippen molar-refractivity contribution in [1.82, 2.24) is 0 Å². The second-order valence-electron chi connectivity index (χ2n) is 4.35. The number of nitrogens with one attached hydrogen (secondary N) is 1. The van der Waals surface area contributed by atoms with E-state index >= 15 is 0 Å². The molecule has 0 fully saturated rings. The Morgan fingerprint density at radius 3 is 2.25 bits per heavy atom. The van der Waals surface area contributed by atoms with Gasteiger partial charge >= 0.3 is 0 Å². The lowest BCUT2D eigenvalue weighted by molar-refractivity contribution is 0.414. The fourth-order valence-electron chi connectivity index (χ4n) is 1.32. The van der Waals surface area contributed by atoms with Crippen LogP contribution >= 0.6 is 0 Å². The van der Waals surface area contributed by atoms with Crippen molar-refractivity contribution in [2.75, 3.05) is 12.4 Å². The number of ether oxygens (including phenoxy) is 1. The van der Waals surface area contributed by atoms with Gasteiger partial charge in [-0.15, -0.1) is 6.42 Å². The smallest absolute Gasteiger partial charge is 0.119 e. The quantitative estimate of drug-likeness (QED) is 0.782. The van der Waals surface area contributed by atoms with E-state index in [4.69, 9.17) is 11.2 Å². The van der Waals surface area contributed by atoms with Gasteiger partial charge in [0.05, 0.1) is 12.6 Å². The maximum absolute atomic E-state index is 5.57. The Balaban J connectivity index is 2.83. The monoisotopic (exact) mass is 217 g/mol. The molecule has 0 aliphatic carbocycles. The van der Waals surface area contributed by atoms with Crippen LogP contribution in [-0.2, 0) is 0 Å². The summed E-state index contributed by atoms with van der Waals surface area (Å²) in [5.74, 6) is 4.02. The van der Waals surface area contributed by atoms with Crippen LogP contribution in [0, 0.1) is 18.3 Å². The van der Waals surface area contributed by atoms with Crippen molar-refractivity contribution in [3.05, 3.63) is 24.3 Å². The highest BCUT2D eigenvalue weighted by Crippen LogP contribution is 2.23. The van der Waals surface area contributed by atoms with Crippen LogP contribution in [0.15, 0.2) is 24.3 Å². The third kappa shape index (κ3) is 2.70. The zero-order chi connectivity index (χ0) is 12.2. The minimum atomic E-state index is -0.325. The van der Waals surface area contributed by atoms with Crippen LogP contribution in [0.2, 0.25) is 0 Å². The predicted octanol–water partition coefficient (Wildman–Crippen LogP) is 3.16. The maximum Gasteiger partial charge on any atom is 0.119 e. The van der Waals surface area contributed by atoms with Crippen molar-refractivity contribution in [1.29, 1.82) is 0 Å². The minimum absolute atomic E-state index is 0.325. The number of benzene rings is 1. The molecule has 1 aromatic rings. The second-order valence-corrected chi connectivity index (χ2v) is 4.35. The highest BCUT2D eigenvalue weighted by atomic mass is 16.5. The van der Waals surface area contributed by atoms with Gasteiger partial charge in [0.15, 0.2) is 0 Å². The third-order valence-electron chi connectivity index (χ3n) is 2.95. The van der Waals surface area contributed by atoms with Crippen LogP contribution in [-0.4, -0.2) is 12.6 Å². The highest BCUT2D eigenvalue weighted by Gasteiger charge is 2.25. The molecule has 1 N–H and O–H groups in total. The van der Waals surface area contributed by atoms with Gasteiger partial charge in [-0.05, 0) is 37.1 Å².